The molecule has 1 aliphatic rings. The molecular formula is C15H20IN5. The minimum Gasteiger partial charge on any atom is -0.356 e. The number of rotatable bonds is 3. The van der Waals surface area contributed by atoms with Crippen molar-refractivity contribution in [2.75, 3.05) is 13.1 Å². The Morgan fingerprint density at radius 1 is 1.29 bits per heavy atom. The first kappa shape index (κ1) is 15.8. The zero-order valence-electron chi connectivity index (χ0n) is 12.0. The fraction of sp³-hybridized carbons (Fsp3) is 0.333. The van der Waals surface area contributed by atoms with E-state index in [9.17, 15) is 0 Å². The molecule has 1 aliphatic heterocycles. The van der Waals surface area contributed by atoms with Gasteiger partial charge in [0.25, 0.3) is 0 Å². The van der Waals surface area contributed by atoms with Crippen molar-refractivity contribution in [1.29, 1.82) is 0 Å². The number of benzene rings is 1. The molecule has 1 aromatic carbocycles. The van der Waals surface area contributed by atoms with E-state index in [4.69, 9.17) is 0 Å². The Morgan fingerprint density at radius 3 is 2.81 bits per heavy atom. The van der Waals surface area contributed by atoms with Crippen LogP contribution in [-0.2, 0) is 13.6 Å². The fourth-order valence-corrected chi connectivity index (χ4v) is 2.34. The van der Waals surface area contributed by atoms with Gasteiger partial charge in [-0.1, -0.05) is 30.3 Å². The molecule has 3 rings (SSSR count). The standard InChI is InChI=1S/C15H19N5.HI/c1-20-11-13(10-18-15-16-8-5-9-17-15)14(19-20)12-6-3-2-4-7-12;/h2-4,6-7,11H,5,8-10H2,1H3,(H2,16,17,18);1H. The van der Waals surface area contributed by atoms with Gasteiger partial charge in [0.15, 0.2) is 5.96 Å². The van der Waals surface area contributed by atoms with Gasteiger partial charge in [-0.15, -0.1) is 24.0 Å². The van der Waals surface area contributed by atoms with Crippen LogP contribution in [0.1, 0.15) is 12.0 Å². The van der Waals surface area contributed by atoms with Gasteiger partial charge in [0.1, 0.15) is 0 Å². The summed E-state index contributed by atoms with van der Waals surface area (Å²) in [4.78, 5) is 4.42. The summed E-state index contributed by atoms with van der Waals surface area (Å²) < 4.78 is 1.86. The van der Waals surface area contributed by atoms with E-state index in [-0.39, 0.29) is 24.0 Å². The molecule has 0 aliphatic carbocycles. The molecule has 0 atom stereocenters. The summed E-state index contributed by atoms with van der Waals surface area (Å²) in [5.74, 6) is 0.888. The molecule has 6 heteroatoms. The maximum atomic E-state index is 4.56. The molecule has 0 spiro atoms. The lowest BCUT2D eigenvalue weighted by Crippen LogP contribution is -2.40. The molecule has 21 heavy (non-hydrogen) atoms. The fourth-order valence-electron chi connectivity index (χ4n) is 2.34. The van der Waals surface area contributed by atoms with Crippen LogP contribution in [0, 0.1) is 0 Å². The van der Waals surface area contributed by atoms with E-state index in [1.54, 1.807) is 0 Å². The smallest absolute Gasteiger partial charge is 0.191 e. The predicted octanol–water partition coefficient (Wildman–Crippen LogP) is 2.14. The van der Waals surface area contributed by atoms with Crippen LogP contribution in [0.4, 0.5) is 0 Å². The van der Waals surface area contributed by atoms with Crippen molar-refractivity contribution in [3.8, 4) is 11.3 Å². The molecule has 0 fully saturated rings. The van der Waals surface area contributed by atoms with Crippen LogP contribution < -0.4 is 10.6 Å². The molecule has 2 N–H and O–H groups in total. The molecule has 0 saturated heterocycles. The van der Waals surface area contributed by atoms with Crippen LogP contribution in [0.25, 0.3) is 11.3 Å². The number of aliphatic imine (C=N–C) groups is 1. The third-order valence-electron chi connectivity index (χ3n) is 3.30. The monoisotopic (exact) mass is 397 g/mol. The molecular weight excluding hydrogens is 377 g/mol. The van der Waals surface area contributed by atoms with Gasteiger partial charge in [0.05, 0.1) is 5.69 Å². The van der Waals surface area contributed by atoms with E-state index in [1.165, 1.54) is 5.56 Å². The molecule has 5 nitrogen and oxygen atoms in total. The first-order valence-electron chi connectivity index (χ1n) is 6.93. The van der Waals surface area contributed by atoms with Crippen LogP contribution in [-0.4, -0.2) is 28.8 Å². The lowest BCUT2D eigenvalue weighted by Gasteiger charge is -2.15. The van der Waals surface area contributed by atoms with E-state index in [0.29, 0.717) is 0 Å². The lowest BCUT2D eigenvalue weighted by molar-refractivity contribution is 0.701. The average Bonchev–Trinajstić information content (AvgIpc) is 2.88. The molecule has 0 radical (unpaired) electrons. The van der Waals surface area contributed by atoms with Crippen molar-refractivity contribution in [3.63, 3.8) is 0 Å². The van der Waals surface area contributed by atoms with Crippen molar-refractivity contribution in [2.24, 2.45) is 12.0 Å². The lowest BCUT2D eigenvalue weighted by atomic mass is 10.1. The van der Waals surface area contributed by atoms with E-state index < -0.39 is 0 Å². The van der Waals surface area contributed by atoms with E-state index in [1.807, 2.05) is 29.9 Å². The Labute approximate surface area is 141 Å². The summed E-state index contributed by atoms with van der Waals surface area (Å²) in [7, 11) is 1.95. The Morgan fingerprint density at radius 2 is 2.10 bits per heavy atom. The molecule has 0 bridgehead atoms. The van der Waals surface area contributed by atoms with E-state index >= 15 is 0 Å². The summed E-state index contributed by atoms with van der Waals surface area (Å²) in [6.07, 6.45) is 3.16. The zero-order chi connectivity index (χ0) is 13.8. The van der Waals surface area contributed by atoms with Crippen LogP contribution in [0.15, 0.2) is 41.5 Å². The molecule has 0 unspecified atom stereocenters. The van der Waals surface area contributed by atoms with Gasteiger partial charge in [-0.2, -0.15) is 5.10 Å². The number of nitrogens with zero attached hydrogens (tertiary/aromatic N) is 3. The molecule has 2 heterocycles. The number of aromatic nitrogens is 2. The van der Waals surface area contributed by atoms with E-state index in [0.717, 1.165) is 43.3 Å². The topological polar surface area (TPSA) is 54.2 Å². The average molecular weight is 397 g/mol. The van der Waals surface area contributed by atoms with Crippen molar-refractivity contribution < 1.29 is 0 Å². The van der Waals surface area contributed by atoms with Crippen LogP contribution in [0.5, 0.6) is 0 Å². The Bertz CT molecular complexity index is 606. The number of nitrogens with one attached hydrogen (secondary N) is 2. The third-order valence-corrected chi connectivity index (χ3v) is 3.30. The minimum absolute atomic E-state index is 0. The van der Waals surface area contributed by atoms with Gasteiger partial charge in [-0.25, -0.2) is 0 Å². The second-order valence-corrected chi connectivity index (χ2v) is 4.91. The predicted molar refractivity (Wildman–Crippen MR) is 95.8 cm³/mol. The number of hydrogen-bond acceptors (Lipinski definition) is 4. The summed E-state index contributed by atoms with van der Waals surface area (Å²) in [6, 6.07) is 10.3. The molecule has 112 valence electrons. The second kappa shape index (κ2) is 7.44. The Hall–Kier alpha value is -1.57. The summed E-state index contributed by atoms with van der Waals surface area (Å²) in [5.41, 5.74) is 3.34. The van der Waals surface area contributed by atoms with Crippen molar-refractivity contribution >= 4 is 29.9 Å². The van der Waals surface area contributed by atoms with Gasteiger partial charge in [-0.3, -0.25) is 9.67 Å². The van der Waals surface area contributed by atoms with E-state index in [2.05, 4.69) is 39.1 Å². The van der Waals surface area contributed by atoms with Gasteiger partial charge in [0, 0.05) is 44.0 Å². The van der Waals surface area contributed by atoms with Crippen LogP contribution in [0.2, 0.25) is 0 Å². The second-order valence-electron chi connectivity index (χ2n) is 4.91. The van der Waals surface area contributed by atoms with Crippen molar-refractivity contribution in [3.05, 3.63) is 42.1 Å². The number of guanidine groups is 1. The third kappa shape index (κ3) is 3.96. The molecule has 0 amide bonds. The highest BCUT2D eigenvalue weighted by atomic mass is 127. The normalized spacial score (nSPS) is 13.9. The summed E-state index contributed by atoms with van der Waals surface area (Å²) >= 11 is 0. The first-order valence-corrected chi connectivity index (χ1v) is 6.93. The first-order chi connectivity index (χ1) is 9.83. The van der Waals surface area contributed by atoms with Crippen molar-refractivity contribution in [2.45, 2.75) is 13.0 Å². The summed E-state index contributed by atoms with van der Waals surface area (Å²) in [5, 5.41) is 11.2. The van der Waals surface area contributed by atoms with Gasteiger partial charge < -0.3 is 10.6 Å². The minimum atomic E-state index is 0. The maximum absolute atomic E-state index is 4.56. The highest BCUT2D eigenvalue weighted by Gasteiger charge is 2.11. The Kier molecular flexibility index (Phi) is 5.60. The molecule has 2 aromatic rings. The number of halogens is 1. The summed E-state index contributed by atoms with van der Waals surface area (Å²) in [6.45, 7) is 2.61. The maximum Gasteiger partial charge on any atom is 0.191 e. The van der Waals surface area contributed by atoms with Crippen LogP contribution in [0.3, 0.4) is 0 Å². The zero-order valence-corrected chi connectivity index (χ0v) is 14.4. The molecule has 1 aromatic heterocycles. The SMILES string of the molecule is Cn1cc(CNC2=NCCCN2)c(-c2ccccc2)n1.I. The van der Waals surface area contributed by atoms with Gasteiger partial charge >= 0.3 is 0 Å². The number of aryl methyl sites for hydroxylation is 1. The van der Waals surface area contributed by atoms with Crippen LogP contribution >= 0.6 is 24.0 Å². The van der Waals surface area contributed by atoms with Gasteiger partial charge in [-0.05, 0) is 6.42 Å². The number of hydrogen-bond donors (Lipinski definition) is 2. The Balaban J connectivity index is 0.00000161. The quantitative estimate of drug-likeness (QED) is 0.781. The van der Waals surface area contributed by atoms with Gasteiger partial charge in [0.2, 0.25) is 0 Å². The highest BCUT2D eigenvalue weighted by Crippen LogP contribution is 2.21. The van der Waals surface area contributed by atoms with Crippen molar-refractivity contribution in [1.82, 2.24) is 20.4 Å². The highest BCUT2D eigenvalue weighted by molar-refractivity contribution is 14.0. The molecule has 0 saturated carbocycles. The largest absolute Gasteiger partial charge is 0.356 e.